The van der Waals surface area contributed by atoms with Gasteiger partial charge in [0, 0.05) is 19.3 Å². The van der Waals surface area contributed by atoms with Crippen LogP contribution in [0.25, 0.3) is 0 Å². The second-order valence-corrected chi connectivity index (χ2v) is 3.79. The van der Waals surface area contributed by atoms with Crippen molar-refractivity contribution in [3.63, 3.8) is 0 Å². The molecule has 90 valence electrons. The van der Waals surface area contributed by atoms with Crippen LogP contribution in [-0.2, 0) is 19.2 Å². The van der Waals surface area contributed by atoms with Crippen molar-refractivity contribution in [1.82, 2.24) is 0 Å². The Morgan fingerprint density at radius 3 is 2.53 bits per heavy atom. The highest BCUT2D eigenvalue weighted by molar-refractivity contribution is 6.49. The van der Waals surface area contributed by atoms with Crippen LogP contribution in [0.5, 0.6) is 0 Å². The summed E-state index contributed by atoms with van der Waals surface area (Å²) in [6.07, 6.45) is 0.665. The first-order valence-electron chi connectivity index (χ1n) is 5.29. The summed E-state index contributed by atoms with van der Waals surface area (Å²) in [5.41, 5.74) is 0. The average molecular weight is 236 g/mol. The van der Waals surface area contributed by atoms with Crippen molar-refractivity contribution >= 4 is 23.3 Å². The predicted octanol–water partition coefficient (Wildman–Crippen LogP) is 0.362. The van der Waals surface area contributed by atoms with Gasteiger partial charge in [-0.05, 0) is 6.42 Å². The van der Waals surface area contributed by atoms with E-state index >= 15 is 0 Å². The molecule has 1 N–H and O–H groups in total. The number of hydrogen-bond donors (Lipinski definition) is 1. The zero-order valence-electron chi connectivity index (χ0n) is 9.19. The van der Waals surface area contributed by atoms with Crippen molar-refractivity contribution in [3.8, 4) is 11.8 Å². The molecular formula is C12H12O5. The van der Waals surface area contributed by atoms with Crippen molar-refractivity contribution in [2.45, 2.75) is 32.1 Å². The first kappa shape index (κ1) is 13.1. The van der Waals surface area contributed by atoms with Gasteiger partial charge in [0.15, 0.2) is 5.78 Å². The van der Waals surface area contributed by atoms with E-state index < -0.39 is 23.5 Å². The molecule has 0 aromatic carbocycles. The predicted molar refractivity (Wildman–Crippen MR) is 57.0 cm³/mol. The van der Waals surface area contributed by atoms with Gasteiger partial charge < -0.3 is 5.11 Å². The summed E-state index contributed by atoms with van der Waals surface area (Å²) in [7, 11) is 0. The number of hydrogen-bond acceptors (Lipinski definition) is 4. The van der Waals surface area contributed by atoms with Crippen LogP contribution in [0, 0.1) is 17.8 Å². The Morgan fingerprint density at radius 2 is 2.00 bits per heavy atom. The molecule has 5 heteroatoms. The number of aliphatic carboxylic acids is 1. The van der Waals surface area contributed by atoms with E-state index in [1.165, 1.54) is 0 Å². The van der Waals surface area contributed by atoms with Gasteiger partial charge in [0.1, 0.15) is 0 Å². The van der Waals surface area contributed by atoms with Crippen molar-refractivity contribution in [3.05, 3.63) is 0 Å². The van der Waals surface area contributed by atoms with Crippen molar-refractivity contribution in [1.29, 1.82) is 0 Å². The Kier molecular flexibility index (Phi) is 4.58. The van der Waals surface area contributed by atoms with Gasteiger partial charge in [-0.3, -0.25) is 19.2 Å². The Bertz CT molecular complexity index is 424. The summed E-state index contributed by atoms with van der Waals surface area (Å²) in [6.45, 7) is 0. The maximum Gasteiger partial charge on any atom is 0.303 e. The molecule has 0 aromatic heterocycles. The topological polar surface area (TPSA) is 88.5 Å². The fourth-order valence-corrected chi connectivity index (χ4v) is 1.51. The van der Waals surface area contributed by atoms with Gasteiger partial charge in [-0.25, -0.2) is 0 Å². The average Bonchev–Trinajstić information content (AvgIpc) is 2.48. The van der Waals surface area contributed by atoms with Gasteiger partial charge in [0.05, 0.1) is 12.3 Å². The van der Waals surface area contributed by atoms with E-state index in [1.54, 1.807) is 0 Å². The van der Waals surface area contributed by atoms with Crippen LogP contribution in [0.1, 0.15) is 32.1 Å². The number of carbonyl (C=O) groups excluding carboxylic acids is 3. The molecule has 0 heterocycles. The Labute approximate surface area is 98.2 Å². The van der Waals surface area contributed by atoms with E-state index in [0.717, 1.165) is 0 Å². The fourth-order valence-electron chi connectivity index (χ4n) is 1.51. The summed E-state index contributed by atoms with van der Waals surface area (Å²) in [6, 6.07) is 0. The van der Waals surface area contributed by atoms with Crippen LogP contribution in [0.15, 0.2) is 0 Å². The quantitative estimate of drug-likeness (QED) is 0.329. The fraction of sp³-hybridized carbons (Fsp3) is 0.500. The van der Waals surface area contributed by atoms with Gasteiger partial charge in [0.25, 0.3) is 0 Å². The minimum absolute atomic E-state index is 0.0501. The van der Waals surface area contributed by atoms with Gasteiger partial charge in [-0.2, -0.15) is 0 Å². The second-order valence-electron chi connectivity index (χ2n) is 3.79. The highest BCUT2D eigenvalue weighted by Gasteiger charge is 2.39. The SMILES string of the molecule is O=C(O)CCCC#CCC1C(=O)CC(=O)C1=O. The molecule has 1 saturated carbocycles. The molecule has 1 fully saturated rings. The molecule has 0 radical (unpaired) electrons. The van der Waals surface area contributed by atoms with Gasteiger partial charge in [-0.15, -0.1) is 11.8 Å². The first-order chi connectivity index (χ1) is 8.02. The maximum atomic E-state index is 11.2. The zero-order chi connectivity index (χ0) is 12.8. The number of carboxylic acids is 1. The largest absolute Gasteiger partial charge is 0.481 e. The lowest BCUT2D eigenvalue weighted by Crippen LogP contribution is -2.16. The number of rotatable bonds is 4. The molecule has 1 unspecified atom stereocenters. The first-order valence-corrected chi connectivity index (χ1v) is 5.29. The molecule has 17 heavy (non-hydrogen) atoms. The summed E-state index contributed by atoms with van der Waals surface area (Å²) in [5, 5.41) is 8.37. The number of ketones is 3. The van der Waals surface area contributed by atoms with Crippen LogP contribution in [0.3, 0.4) is 0 Å². The monoisotopic (exact) mass is 236 g/mol. The standard InChI is InChI=1S/C12H12O5/c13-9-7-10(14)12(17)8(9)5-3-1-2-4-6-11(15)16/h8H,2,4-7H2,(H,15,16). The van der Waals surface area contributed by atoms with Gasteiger partial charge in [-0.1, -0.05) is 0 Å². The van der Waals surface area contributed by atoms with E-state index in [1.807, 2.05) is 0 Å². The van der Waals surface area contributed by atoms with E-state index in [2.05, 4.69) is 11.8 Å². The van der Waals surface area contributed by atoms with Crippen molar-refractivity contribution in [2.24, 2.45) is 5.92 Å². The van der Waals surface area contributed by atoms with E-state index in [0.29, 0.717) is 12.8 Å². The van der Waals surface area contributed by atoms with Crippen LogP contribution < -0.4 is 0 Å². The molecular weight excluding hydrogens is 224 g/mol. The van der Waals surface area contributed by atoms with E-state index in [-0.39, 0.29) is 25.0 Å². The van der Waals surface area contributed by atoms with Crippen LogP contribution >= 0.6 is 0 Å². The molecule has 0 bridgehead atoms. The number of unbranched alkanes of at least 4 members (excludes halogenated alkanes) is 1. The minimum atomic E-state index is -0.894. The summed E-state index contributed by atoms with van der Waals surface area (Å²) < 4.78 is 0. The summed E-state index contributed by atoms with van der Waals surface area (Å²) >= 11 is 0. The molecule has 5 nitrogen and oxygen atoms in total. The third-order valence-electron chi connectivity index (χ3n) is 2.44. The third-order valence-corrected chi connectivity index (χ3v) is 2.44. The van der Waals surface area contributed by atoms with Crippen LogP contribution in [0.2, 0.25) is 0 Å². The van der Waals surface area contributed by atoms with Crippen LogP contribution in [-0.4, -0.2) is 28.4 Å². The number of carboxylic acid groups (broad SMARTS) is 1. The number of Topliss-reactive ketones (excluding diaryl/α,β-unsaturated/α-hetero) is 3. The van der Waals surface area contributed by atoms with E-state index in [4.69, 9.17) is 5.11 Å². The third kappa shape index (κ3) is 3.83. The lowest BCUT2D eigenvalue weighted by atomic mass is 10.0. The molecule has 0 amide bonds. The van der Waals surface area contributed by atoms with Crippen molar-refractivity contribution < 1.29 is 24.3 Å². The highest BCUT2D eigenvalue weighted by atomic mass is 16.4. The summed E-state index contributed by atoms with van der Waals surface area (Å²) in [4.78, 5) is 43.5. The highest BCUT2D eigenvalue weighted by Crippen LogP contribution is 2.17. The molecule has 0 aliphatic heterocycles. The van der Waals surface area contributed by atoms with Crippen molar-refractivity contribution in [2.75, 3.05) is 0 Å². The Balaban J connectivity index is 2.33. The van der Waals surface area contributed by atoms with E-state index in [9.17, 15) is 19.2 Å². The summed E-state index contributed by atoms with van der Waals surface area (Å²) in [5.74, 6) is 1.93. The molecule has 0 spiro atoms. The van der Waals surface area contributed by atoms with Crippen LogP contribution in [0.4, 0.5) is 0 Å². The lowest BCUT2D eigenvalue weighted by molar-refractivity contribution is -0.137. The number of carbonyl (C=O) groups is 4. The Hall–Kier alpha value is -1.96. The van der Waals surface area contributed by atoms with Gasteiger partial charge >= 0.3 is 5.97 Å². The molecule has 1 aliphatic rings. The minimum Gasteiger partial charge on any atom is -0.481 e. The molecule has 0 aromatic rings. The Morgan fingerprint density at radius 1 is 1.29 bits per heavy atom. The zero-order valence-corrected chi connectivity index (χ0v) is 9.19. The molecule has 1 aliphatic carbocycles. The smallest absolute Gasteiger partial charge is 0.303 e. The maximum absolute atomic E-state index is 11.2. The normalized spacial score (nSPS) is 19.1. The molecule has 1 atom stereocenters. The molecule has 1 rings (SSSR count). The molecule has 0 saturated heterocycles. The lowest BCUT2D eigenvalue weighted by Gasteiger charge is -1.97. The van der Waals surface area contributed by atoms with Gasteiger partial charge in [0.2, 0.25) is 11.6 Å². The second kappa shape index (κ2) is 5.94.